The molecule has 0 saturated carbocycles. The summed E-state index contributed by atoms with van der Waals surface area (Å²) in [5, 5.41) is 5.31. The molecule has 0 atom stereocenters. The Morgan fingerprint density at radius 2 is 2.75 bits per heavy atom. The van der Waals surface area contributed by atoms with Gasteiger partial charge in [0.25, 0.3) is 0 Å². The molecule has 8 heavy (non-hydrogen) atoms. The molecular formula is C4H5N3O. The van der Waals surface area contributed by atoms with Gasteiger partial charge in [-0.3, -0.25) is 4.99 Å². The first-order chi connectivity index (χ1) is 3.93. The second-order valence-electron chi connectivity index (χ2n) is 1.31. The molecule has 0 aromatic carbocycles. The molecule has 1 aliphatic heterocycles. The van der Waals surface area contributed by atoms with Gasteiger partial charge >= 0.3 is 0 Å². The maximum atomic E-state index is 9.72. The summed E-state index contributed by atoms with van der Waals surface area (Å²) in [6.45, 7) is 0.456. The van der Waals surface area contributed by atoms with Crippen molar-refractivity contribution < 1.29 is 0 Å². The maximum absolute atomic E-state index is 9.72. The molecule has 1 N–H and O–H groups in total. The fraction of sp³-hybridized carbons (Fsp3) is 0.250. The van der Waals surface area contributed by atoms with Gasteiger partial charge in [-0.05, 0) is 5.18 Å². The number of nitroso groups, excluding NO2 is 1. The van der Waals surface area contributed by atoms with E-state index < -0.39 is 0 Å². The van der Waals surface area contributed by atoms with E-state index in [0.29, 0.717) is 12.5 Å². The van der Waals surface area contributed by atoms with E-state index in [4.69, 9.17) is 0 Å². The van der Waals surface area contributed by atoms with Crippen molar-refractivity contribution in [3.05, 3.63) is 16.8 Å². The quantitative estimate of drug-likeness (QED) is 0.492. The zero-order valence-corrected chi connectivity index (χ0v) is 4.16. The Bertz CT molecular complexity index is 149. The molecule has 0 bridgehead atoms. The van der Waals surface area contributed by atoms with Gasteiger partial charge in [-0.2, -0.15) is 0 Å². The second-order valence-corrected chi connectivity index (χ2v) is 1.31. The van der Waals surface area contributed by atoms with Crippen LogP contribution in [0.2, 0.25) is 0 Å². The summed E-state index contributed by atoms with van der Waals surface area (Å²) in [7, 11) is 0. The number of allylic oxidation sites excluding steroid dienone is 1. The van der Waals surface area contributed by atoms with Crippen LogP contribution in [0.1, 0.15) is 0 Å². The Labute approximate surface area is 46.3 Å². The van der Waals surface area contributed by atoms with Gasteiger partial charge in [0.05, 0.1) is 0 Å². The van der Waals surface area contributed by atoms with Crippen LogP contribution in [0.5, 0.6) is 0 Å². The molecule has 0 aromatic rings. The fourth-order valence-electron chi connectivity index (χ4n) is 0.424. The number of hydrogen-bond acceptors (Lipinski definition) is 4. The van der Waals surface area contributed by atoms with Crippen LogP contribution >= 0.6 is 0 Å². The van der Waals surface area contributed by atoms with E-state index in [1.165, 1.54) is 6.08 Å². The van der Waals surface area contributed by atoms with E-state index >= 15 is 0 Å². The molecular weight excluding hydrogens is 106 g/mol. The molecule has 0 spiro atoms. The minimum atomic E-state index is 0.347. The molecule has 0 aliphatic carbocycles. The lowest BCUT2D eigenvalue weighted by atomic mass is 10.5. The first-order valence-electron chi connectivity index (χ1n) is 2.21. The van der Waals surface area contributed by atoms with Gasteiger partial charge < -0.3 is 5.32 Å². The zero-order valence-electron chi connectivity index (χ0n) is 4.16. The van der Waals surface area contributed by atoms with Gasteiger partial charge in [-0.15, -0.1) is 4.91 Å². The highest BCUT2D eigenvalue weighted by Crippen LogP contribution is 1.90. The van der Waals surface area contributed by atoms with Crippen molar-refractivity contribution >= 4 is 6.21 Å². The van der Waals surface area contributed by atoms with Crippen molar-refractivity contribution in [3.8, 4) is 0 Å². The van der Waals surface area contributed by atoms with Crippen LogP contribution in [0.3, 0.4) is 0 Å². The van der Waals surface area contributed by atoms with Crippen LogP contribution in [0.15, 0.2) is 22.1 Å². The molecule has 4 nitrogen and oxygen atoms in total. The third-order valence-electron chi connectivity index (χ3n) is 0.788. The largest absolute Gasteiger partial charge is 0.348 e. The minimum Gasteiger partial charge on any atom is -0.348 e. The van der Waals surface area contributed by atoms with Gasteiger partial charge in [-0.1, -0.05) is 0 Å². The molecule has 0 fully saturated rings. The van der Waals surface area contributed by atoms with Gasteiger partial charge in [0.2, 0.25) is 0 Å². The van der Waals surface area contributed by atoms with Crippen molar-refractivity contribution in [2.45, 2.75) is 0 Å². The first kappa shape index (κ1) is 4.96. The van der Waals surface area contributed by atoms with Gasteiger partial charge in [0.1, 0.15) is 6.67 Å². The van der Waals surface area contributed by atoms with Crippen molar-refractivity contribution in [2.75, 3.05) is 6.67 Å². The third kappa shape index (κ3) is 0.900. The Morgan fingerprint density at radius 3 is 3.12 bits per heavy atom. The van der Waals surface area contributed by atoms with Crippen molar-refractivity contribution in [1.29, 1.82) is 0 Å². The smallest absolute Gasteiger partial charge is 0.173 e. The molecule has 1 rings (SSSR count). The van der Waals surface area contributed by atoms with E-state index in [9.17, 15) is 4.91 Å². The normalized spacial score (nSPS) is 16.8. The van der Waals surface area contributed by atoms with Crippen LogP contribution < -0.4 is 5.32 Å². The number of rotatable bonds is 1. The Hall–Kier alpha value is -1.19. The number of nitrogens with one attached hydrogen (secondary N) is 1. The third-order valence-corrected chi connectivity index (χ3v) is 0.788. The van der Waals surface area contributed by atoms with E-state index in [0.717, 1.165) is 0 Å². The lowest BCUT2D eigenvalue weighted by Crippen LogP contribution is -2.14. The SMILES string of the molecule is O=NC1=CC=NCN1. The molecule has 4 heteroatoms. The Balaban J connectivity index is 2.63. The number of nitrogens with zero attached hydrogens (tertiary/aromatic N) is 2. The molecule has 42 valence electrons. The molecule has 0 unspecified atom stereocenters. The van der Waals surface area contributed by atoms with Crippen LogP contribution in [0.4, 0.5) is 0 Å². The highest BCUT2D eigenvalue weighted by molar-refractivity contribution is 5.72. The number of aliphatic imine (C=N–C) groups is 1. The summed E-state index contributed by atoms with van der Waals surface area (Å²) in [5.74, 6) is 0.347. The average molecular weight is 111 g/mol. The lowest BCUT2D eigenvalue weighted by Gasteiger charge is -2.00. The Morgan fingerprint density at radius 1 is 1.88 bits per heavy atom. The predicted octanol–water partition coefficient (Wildman–Crippen LogP) is 0.226. The van der Waals surface area contributed by atoms with Gasteiger partial charge in [0.15, 0.2) is 5.82 Å². The molecule has 1 aliphatic rings. The first-order valence-corrected chi connectivity index (χ1v) is 2.21. The summed E-state index contributed by atoms with van der Waals surface area (Å²) < 4.78 is 0. The van der Waals surface area contributed by atoms with Crippen LogP contribution in [0.25, 0.3) is 0 Å². The van der Waals surface area contributed by atoms with Crippen molar-refractivity contribution in [1.82, 2.24) is 5.32 Å². The van der Waals surface area contributed by atoms with E-state index in [-0.39, 0.29) is 0 Å². The van der Waals surface area contributed by atoms with Crippen molar-refractivity contribution in [3.63, 3.8) is 0 Å². The molecule has 0 saturated heterocycles. The molecule has 0 aromatic heterocycles. The summed E-state index contributed by atoms with van der Waals surface area (Å²) in [5.41, 5.74) is 0. The summed E-state index contributed by atoms with van der Waals surface area (Å²) in [6, 6.07) is 0. The standard InChI is InChI=1S/C4H5N3O/c8-7-4-1-2-5-3-6-4/h1-2,6H,3H2. The minimum absolute atomic E-state index is 0.347. The summed E-state index contributed by atoms with van der Waals surface area (Å²) in [6.07, 6.45) is 3.07. The number of hydrogen-bond donors (Lipinski definition) is 1. The zero-order chi connectivity index (χ0) is 5.82. The Kier molecular flexibility index (Phi) is 1.37. The van der Waals surface area contributed by atoms with Gasteiger partial charge in [0, 0.05) is 12.3 Å². The molecule has 0 amide bonds. The second kappa shape index (κ2) is 2.20. The van der Waals surface area contributed by atoms with Gasteiger partial charge in [-0.25, -0.2) is 0 Å². The maximum Gasteiger partial charge on any atom is 0.173 e. The monoisotopic (exact) mass is 111 g/mol. The fourth-order valence-corrected chi connectivity index (χ4v) is 0.424. The highest BCUT2D eigenvalue weighted by atomic mass is 16.3. The lowest BCUT2D eigenvalue weighted by molar-refractivity contribution is 0.807. The van der Waals surface area contributed by atoms with E-state index in [2.05, 4.69) is 15.5 Å². The molecule has 0 radical (unpaired) electrons. The predicted molar refractivity (Wildman–Crippen MR) is 30.4 cm³/mol. The van der Waals surface area contributed by atoms with Crippen LogP contribution in [-0.4, -0.2) is 12.9 Å². The average Bonchev–Trinajstić information content (AvgIpc) is 1.90. The van der Waals surface area contributed by atoms with Crippen LogP contribution in [0, 0.1) is 4.91 Å². The van der Waals surface area contributed by atoms with E-state index in [1.54, 1.807) is 6.21 Å². The topological polar surface area (TPSA) is 53.8 Å². The summed E-state index contributed by atoms with van der Waals surface area (Å²) >= 11 is 0. The molecule has 1 heterocycles. The van der Waals surface area contributed by atoms with Crippen LogP contribution in [-0.2, 0) is 0 Å². The highest BCUT2D eigenvalue weighted by Gasteiger charge is 1.93. The van der Waals surface area contributed by atoms with E-state index in [1.807, 2.05) is 0 Å². The summed E-state index contributed by atoms with van der Waals surface area (Å²) in [4.78, 5) is 13.5. The van der Waals surface area contributed by atoms with Crippen molar-refractivity contribution in [2.24, 2.45) is 10.2 Å².